The van der Waals surface area contributed by atoms with Gasteiger partial charge < -0.3 is 9.64 Å². The van der Waals surface area contributed by atoms with Gasteiger partial charge in [-0.05, 0) is 73.7 Å². The van der Waals surface area contributed by atoms with Gasteiger partial charge in [0.05, 0.1) is 24.2 Å². The number of nitrogens with zero attached hydrogens (tertiary/aromatic N) is 2. The quantitative estimate of drug-likeness (QED) is 0.436. The van der Waals surface area contributed by atoms with E-state index in [1.165, 1.54) is 16.4 Å². The number of sulfonamides is 1. The first-order valence-electron chi connectivity index (χ1n) is 11.4. The summed E-state index contributed by atoms with van der Waals surface area (Å²) in [5, 5.41) is 0. The molecule has 1 atom stereocenters. The molecule has 1 amide bonds. The number of benzene rings is 3. The second-order valence-electron chi connectivity index (χ2n) is 8.72. The predicted octanol–water partition coefficient (Wildman–Crippen LogP) is 4.96. The van der Waals surface area contributed by atoms with Gasteiger partial charge in [0.2, 0.25) is 0 Å². The smallest absolute Gasteiger partial charge is 0.264 e. The van der Waals surface area contributed by atoms with Crippen LogP contribution in [0.25, 0.3) is 0 Å². The Morgan fingerprint density at radius 3 is 2.29 bits per heavy atom. The van der Waals surface area contributed by atoms with Crippen molar-refractivity contribution in [3.63, 3.8) is 0 Å². The van der Waals surface area contributed by atoms with E-state index < -0.39 is 10.0 Å². The first-order valence-corrected chi connectivity index (χ1v) is 12.8. The fourth-order valence-corrected chi connectivity index (χ4v) is 5.51. The zero-order valence-corrected chi connectivity index (χ0v) is 20.5. The van der Waals surface area contributed by atoms with Gasteiger partial charge in [0.1, 0.15) is 5.75 Å². The molecular formula is C27H30N2O4S. The van der Waals surface area contributed by atoms with Crippen molar-refractivity contribution >= 4 is 21.6 Å². The van der Waals surface area contributed by atoms with E-state index in [9.17, 15) is 13.2 Å². The molecule has 0 bridgehead atoms. The number of anilines is 1. The molecule has 1 unspecified atom stereocenters. The highest BCUT2D eigenvalue weighted by Crippen LogP contribution is 2.35. The lowest BCUT2D eigenvalue weighted by molar-refractivity contribution is 0.0727. The van der Waals surface area contributed by atoms with Crippen LogP contribution in [-0.4, -0.2) is 39.4 Å². The number of carbonyl (C=O) groups excluding carboxylic acids is 1. The standard InChI is InChI=1S/C27H30N2O4S/c1-20(22-12-13-22)28(2)27(30)23-10-7-11-26(18-23)34(31,32)29(19-21-8-5-4-6-9-21)24-14-16-25(33-3)17-15-24/h4-11,14-18,20,22H,12-13,19H2,1-3H3. The van der Waals surface area contributed by atoms with E-state index in [1.54, 1.807) is 55.5 Å². The fourth-order valence-electron chi connectivity index (χ4n) is 4.01. The van der Waals surface area contributed by atoms with E-state index in [0.717, 1.165) is 18.4 Å². The van der Waals surface area contributed by atoms with Crippen molar-refractivity contribution in [3.05, 3.63) is 90.0 Å². The normalized spacial score (nSPS) is 14.3. The van der Waals surface area contributed by atoms with Crippen LogP contribution in [0.1, 0.15) is 35.7 Å². The van der Waals surface area contributed by atoms with Gasteiger partial charge in [0.25, 0.3) is 15.9 Å². The maximum absolute atomic E-state index is 13.9. The zero-order valence-electron chi connectivity index (χ0n) is 19.7. The topological polar surface area (TPSA) is 66.9 Å². The highest BCUT2D eigenvalue weighted by molar-refractivity contribution is 7.92. The van der Waals surface area contributed by atoms with Gasteiger partial charge in [-0.3, -0.25) is 9.10 Å². The van der Waals surface area contributed by atoms with Crippen LogP contribution in [0.4, 0.5) is 5.69 Å². The van der Waals surface area contributed by atoms with Crippen LogP contribution in [0.3, 0.4) is 0 Å². The molecule has 0 spiro atoms. The van der Waals surface area contributed by atoms with Crippen molar-refractivity contribution in [2.24, 2.45) is 5.92 Å². The van der Waals surface area contributed by atoms with Gasteiger partial charge in [0.15, 0.2) is 0 Å². The van der Waals surface area contributed by atoms with E-state index in [4.69, 9.17) is 4.74 Å². The number of hydrogen-bond acceptors (Lipinski definition) is 4. The highest BCUT2D eigenvalue weighted by Gasteiger charge is 2.33. The van der Waals surface area contributed by atoms with Gasteiger partial charge in [0, 0.05) is 18.7 Å². The lowest BCUT2D eigenvalue weighted by Crippen LogP contribution is -2.36. The summed E-state index contributed by atoms with van der Waals surface area (Å²) in [7, 11) is -0.606. The molecule has 1 aliphatic rings. The molecule has 4 rings (SSSR count). The summed E-state index contributed by atoms with van der Waals surface area (Å²) in [6.07, 6.45) is 2.26. The Hall–Kier alpha value is -3.32. The van der Waals surface area contributed by atoms with Gasteiger partial charge in [-0.1, -0.05) is 36.4 Å². The second-order valence-corrected chi connectivity index (χ2v) is 10.6. The van der Waals surface area contributed by atoms with Crippen LogP contribution in [0.5, 0.6) is 5.75 Å². The van der Waals surface area contributed by atoms with Crippen LogP contribution in [0, 0.1) is 5.92 Å². The molecule has 0 heterocycles. The van der Waals surface area contributed by atoms with E-state index in [-0.39, 0.29) is 23.4 Å². The zero-order chi connectivity index (χ0) is 24.3. The van der Waals surface area contributed by atoms with Crippen molar-refractivity contribution in [1.29, 1.82) is 0 Å². The van der Waals surface area contributed by atoms with E-state index in [1.807, 2.05) is 37.3 Å². The molecule has 6 nitrogen and oxygen atoms in total. The summed E-state index contributed by atoms with van der Waals surface area (Å²) in [5.41, 5.74) is 1.73. The molecule has 0 aliphatic heterocycles. The molecule has 7 heteroatoms. The molecule has 0 radical (unpaired) electrons. The third-order valence-electron chi connectivity index (χ3n) is 6.43. The van der Waals surface area contributed by atoms with Crippen molar-refractivity contribution in [3.8, 4) is 5.75 Å². The molecule has 34 heavy (non-hydrogen) atoms. The largest absolute Gasteiger partial charge is 0.497 e. The Kier molecular flexibility index (Phi) is 6.93. The van der Waals surface area contributed by atoms with Gasteiger partial charge in [-0.2, -0.15) is 0 Å². The van der Waals surface area contributed by atoms with Crippen LogP contribution in [0.2, 0.25) is 0 Å². The van der Waals surface area contributed by atoms with E-state index >= 15 is 0 Å². The van der Waals surface area contributed by atoms with Gasteiger partial charge >= 0.3 is 0 Å². The Labute approximate surface area is 201 Å². The predicted molar refractivity (Wildman–Crippen MR) is 134 cm³/mol. The summed E-state index contributed by atoms with van der Waals surface area (Å²) < 4.78 is 34.3. The minimum atomic E-state index is -3.96. The van der Waals surface area contributed by atoms with Crippen LogP contribution in [-0.2, 0) is 16.6 Å². The van der Waals surface area contributed by atoms with Crippen molar-refractivity contribution in [2.75, 3.05) is 18.5 Å². The summed E-state index contributed by atoms with van der Waals surface area (Å²) in [6.45, 7) is 2.20. The number of rotatable bonds is 9. The fraction of sp³-hybridized carbons (Fsp3) is 0.296. The van der Waals surface area contributed by atoms with Crippen LogP contribution in [0.15, 0.2) is 83.8 Å². The lowest BCUT2D eigenvalue weighted by atomic mass is 10.1. The molecule has 3 aromatic rings. The molecular weight excluding hydrogens is 448 g/mol. The molecule has 1 fully saturated rings. The molecule has 1 saturated carbocycles. The Balaban J connectivity index is 1.69. The third kappa shape index (κ3) is 5.09. The summed E-state index contributed by atoms with van der Waals surface area (Å²) in [6, 6.07) is 22.8. The molecule has 0 saturated heterocycles. The molecule has 3 aromatic carbocycles. The Bertz CT molecular complexity index is 1240. The number of methoxy groups -OCH3 is 1. The van der Waals surface area contributed by atoms with Crippen molar-refractivity contribution < 1.29 is 17.9 Å². The van der Waals surface area contributed by atoms with Crippen molar-refractivity contribution in [1.82, 2.24) is 4.90 Å². The summed E-state index contributed by atoms with van der Waals surface area (Å²) >= 11 is 0. The number of amides is 1. The maximum atomic E-state index is 13.9. The minimum absolute atomic E-state index is 0.0811. The average Bonchev–Trinajstić information content (AvgIpc) is 3.72. The number of hydrogen-bond donors (Lipinski definition) is 0. The monoisotopic (exact) mass is 478 g/mol. The SMILES string of the molecule is COc1ccc(N(Cc2ccccc2)S(=O)(=O)c2cccc(C(=O)N(C)C(C)C3CC3)c2)cc1. The van der Waals surface area contributed by atoms with Crippen LogP contribution >= 0.6 is 0 Å². The Morgan fingerprint density at radius 2 is 1.68 bits per heavy atom. The number of ether oxygens (including phenoxy) is 1. The molecule has 0 aromatic heterocycles. The minimum Gasteiger partial charge on any atom is -0.497 e. The summed E-state index contributed by atoms with van der Waals surface area (Å²) in [5.74, 6) is 0.994. The Morgan fingerprint density at radius 1 is 1.00 bits per heavy atom. The van der Waals surface area contributed by atoms with E-state index in [2.05, 4.69) is 0 Å². The lowest BCUT2D eigenvalue weighted by Gasteiger charge is -2.26. The van der Waals surface area contributed by atoms with Crippen LogP contribution < -0.4 is 9.04 Å². The molecule has 1 aliphatic carbocycles. The first kappa shape index (κ1) is 23.8. The van der Waals surface area contributed by atoms with Gasteiger partial charge in [-0.25, -0.2) is 8.42 Å². The second kappa shape index (κ2) is 9.89. The van der Waals surface area contributed by atoms with Gasteiger partial charge in [-0.15, -0.1) is 0 Å². The average molecular weight is 479 g/mol. The first-order chi connectivity index (χ1) is 16.3. The highest BCUT2D eigenvalue weighted by atomic mass is 32.2. The van der Waals surface area contributed by atoms with E-state index in [0.29, 0.717) is 22.9 Å². The van der Waals surface area contributed by atoms with Crippen molar-refractivity contribution in [2.45, 2.75) is 37.2 Å². The molecule has 178 valence electrons. The third-order valence-corrected chi connectivity index (χ3v) is 8.20. The molecule has 0 N–H and O–H groups in total. The number of carbonyl (C=O) groups is 1. The maximum Gasteiger partial charge on any atom is 0.264 e. The summed E-state index contributed by atoms with van der Waals surface area (Å²) in [4.78, 5) is 14.9.